The topological polar surface area (TPSA) is 71.1 Å². The Morgan fingerprint density at radius 1 is 1.29 bits per heavy atom. The molecule has 0 unspecified atom stereocenters. The summed E-state index contributed by atoms with van der Waals surface area (Å²) in [6.07, 6.45) is 3.92. The Morgan fingerprint density at radius 3 is 2.65 bits per heavy atom. The number of sulfonamides is 1. The Kier molecular flexibility index (Phi) is 8.07. The molecule has 5 nitrogen and oxygen atoms in total. The predicted molar refractivity (Wildman–Crippen MR) is 69.8 cm³/mol. The lowest BCUT2D eigenvalue weighted by molar-refractivity contribution is 0.575. The Hall–Kier alpha value is -0.690. The average molecular weight is 280 g/mol. The van der Waals surface area contributed by atoms with Gasteiger partial charge >= 0.3 is 0 Å². The lowest BCUT2D eigenvalue weighted by Crippen LogP contribution is -2.32. The van der Waals surface area contributed by atoms with E-state index < -0.39 is 10.0 Å². The second-order valence-electron chi connectivity index (χ2n) is 3.34. The van der Waals surface area contributed by atoms with E-state index in [4.69, 9.17) is 0 Å². The molecule has 0 bridgehead atoms. The Labute approximate surface area is 108 Å². The van der Waals surface area contributed by atoms with E-state index in [-0.39, 0.29) is 17.3 Å². The number of nitrogens with one attached hydrogen (secondary N) is 2. The van der Waals surface area contributed by atoms with Crippen molar-refractivity contribution in [1.82, 2.24) is 15.0 Å². The van der Waals surface area contributed by atoms with Gasteiger partial charge in [0, 0.05) is 25.5 Å². The van der Waals surface area contributed by atoms with Crippen molar-refractivity contribution in [2.45, 2.75) is 18.2 Å². The molecular weight excluding hydrogens is 262 g/mol. The van der Waals surface area contributed by atoms with Gasteiger partial charge in [-0.15, -0.1) is 12.4 Å². The zero-order valence-corrected chi connectivity index (χ0v) is 11.4. The minimum atomic E-state index is -3.40. The number of pyridine rings is 1. The molecule has 0 aromatic carbocycles. The standard InChI is InChI=1S/C10H17N3O2S.ClH/c1-2-5-11-7-8-13-16(14,15)10-4-3-6-12-9-10;/h3-4,6,9,11,13H,2,5,7-8H2,1H3;1H. The normalized spacial score (nSPS) is 10.9. The Balaban J connectivity index is 0.00000256. The molecule has 7 heteroatoms. The Morgan fingerprint density at radius 2 is 2.06 bits per heavy atom. The van der Waals surface area contributed by atoms with Gasteiger partial charge in [0.05, 0.1) is 0 Å². The van der Waals surface area contributed by atoms with Crippen molar-refractivity contribution in [3.63, 3.8) is 0 Å². The number of hydrogen-bond donors (Lipinski definition) is 2. The van der Waals surface area contributed by atoms with Crippen LogP contribution in [0.3, 0.4) is 0 Å². The molecule has 1 rings (SSSR count). The molecule has 0 aliphatic rings. The van der Waals surface area contributed by atoms with E-state index in [1.807, 2.05) is 0 Å². The van der Waals surface area contributed by atoms with E-state index >= 15 is 0 Å². The molecule has 17 heavy (non-hydrogen) atoms. The monoisotopic (exact) mass is 279 g/mol. The van der Waals surface area contributed by atoms with Crippen molar-refractivity contribution >= 4 is 22.4 Å². The van der Waals surface area contributed by atoms with E-state index in [2.05, 4.69) is 21.9 Å². The second-order valence-corrected chi connectivity index (χ2v) is 5.10. The van der Waals surface area contributed by atoms with Crippen molar-refractivity contribution in [1.29, 1.82) is 0 Å². The summed E-state index contributed by atoms with van der Waals surface area (Å²) in [5.41, 5.74) is 0. The molecule has 2 N–H and O–H groups in total. The van der Waals surface area contributed by atoms with Crippen LogP contribution in [0.5, 0.6) is 0 Å². The van der Waals surface area contributed by atoms with Crippen LogP contribution in [0.15, 0.2) is 29.4 Å². The molecule has 0 amide bonds. The fraction of sp³-hybridized carbons (Fsp3) is 0.500. The van der Waals surface area contributed by atoms with E-state index in [1.165, 1.54) is 12.3 Å². The summed E-state index contributed by atoms with van der Waals surface area (Å²) in [6, 6.07) is 3.12. The summed E-state index contributed by atoms with van der Waals surface area (Å²) in [6.45, 7) is 3.98. The number of halogens is 1. The molecule has 0 atom stereocenters. The predicted octanol–water partition coefficient (Wildman–Crippen LogP) is 0.781. The van der Waals surface area contributed by atoms with Gasteiger partial charge < -0.3 is 5.32 Å². The highest BCUT2D eigenvalue weighted by atomic mass is 35.5. The fourth-order valence-corrected chi connectivity index (χ4v) is 2.16. The highest BCUT2D eigenvalue weighted by molar-refractivity contribution is 7.89. The van der Waals surface area contributed by atoms with Gasteiger partial charge in [-0.3, -0.25) is 4.98 Å². The van der Waals surface area contributed by atoms with Gasteiger partial charge in [0.15, 0.2) is 0 Å². The molecule has 0 fully saturated rings. The second kappa shape index (κ2) is 8.41. The summed E-state index contributed by atoms with van der Waals surface area (Å²) in [7, 11) is -3.40. The molecule has 0 radical (unpaired) electrons. The first kappa shape index (κ1) is 16.3. The molecule has 1 aromatic rings. The van der Waals surface area contributed by atoms with Crippen LogP contribution in [0, 0.1) is 0 Å². The largest absolute Gasteiger partial charge is 0.315 e. The summed E-state index contributed by atoms with van der Waals surface area (Å²) < 4.78 is 25.9. The van der Waals surface area contributed by atoms with Gasteiger partial charge in [-0.2, -0.15) is 0 Å². The first-order valence-electron chi connectivity index (χ1n) is 5.27. The maximum absolute atomic E-state index is 11.7. The third-order valence-electron chi connectivity index (χ3n) is 1.97. The van der Waals surface area contributed by atoms with Crippen LogP contribution in [0.4, 0.5) is 0 Å². The van der Waals surface area contributed by atoms with Crippen LogP contribution < -0.4 is 10.0 Å². The molecule has 98 valence electrons. The number of aromatic nitrogens is 1. The van der Waals surface area contributed by atoms with Gasteiger partial charge in [0.25, 0.3) is 0 Å². The third-order valence-corrected chi connectivity index (χ3v) is 3.41. The molecular formula is C10H18ClN3O2S. The molecule has 0 aliphatic carbocycles. The number of hydrogen-bond acceptors (Lipinski definition) is 4. The first-order valence-corrected chi connectivity index (χ1v) is 6.75. The zero-order chi connectivity index (χ0) is 11.9. The molecule has 1 heterocycles. The maximum Gasteiger partial charge on any atom is 0.242 e. The minimum Gasteiger partial charge on any atom is -0.315 e. The van der Waals surface area contributed by atoms with Crippen molar-refractivity contribution in [2.75, 3.05) is 19.6 Å². The molecule has 0 aliphatic heterocycles. The van der Waals surface area contributed by atoms with Crippen LogP contribution >= 0.6 is 12.4 Å². The van der Waals surface area contributed by atoms with Crippen molar-refractivity contribution in [3.05, 3.63) is 24.5 Å². The van der Waals surface area contributed by atoms with Crippen molar-refractivity contribution < 1.29 is 8.42 Å². The number of nitrogens with zero attached hydrogens (tertiary/aromatic N) is 1. The Bertz CT molecular complexity index is 397. The molecule has 0 saturated carbocycles. The number of rotatable bonds is 7. The van der Waals surface area contributed by atoms with E-state index in [0.717, 1.165) is 13.0 Å². The molecule has 1 aromatic heterocycles. The average Bonchev–Trinajstić information content (AvgIpc) is 2.30. The van der Waals surface area contributed by atoms with Crippen LogP contribution in [-0.2, 0) is 10.0 Å². The highest BCUT2D eigenvalue weighted by Crippen LogP contribution is 2.04. The van der Waals surface area contributed by atoms with Crippen molar-refractivity contribution in [3.8, 4) is 0 Å². The minimum absolute atomic E-state index is 0. The van der Waals surface area contributed by atoms with E-state index in [1.54, 1.807) is 12.3 Å². The lowest BCUT2D eigenvalue weighted by Gasteiger charge is -2.06. The van der Waals surface area contributed by atoms with E-state index in [0.29, 0.717) is 13.1 Å². The van der Waals surface area contributed by atoms with Crippen LogP contribution in [0.25, 0.3) is 0 Å². The zero-order valence-electron chi connectivity index (χ0n) is 9.72. The van der Waals surface area contributed by atoms with Gasteiger partial charge in [-0.1, -0.05) is 6.92 Å². The maximum atomic E-state index is 11.7. The fourth-order valence-electron chi connectivity index (χ4n) is 1.16. The smallest absolute Gasteiger partial charge is 0.242 e. The summed E-state index contributed by atoms with van der Waals surface area (Å²) in [5.74, 6) is 0. The molecule has 0 saturated heterocycles. The summed E-state index contributed by atoms with van der Waals surface area (Å²) in [5, 5.41) is 3.12. The van der Waals surface area contributed by atoms with E-state index in [9.17, 15) is 8.42 Å². The summed E-state index contributed by atoms with van der Waals surface area (Å²) >= 11 is 0. The first-order chi connectivity index (χ1) is 7.67. The van der Waals surface area contributed by atoms with Gasteiger partial charge in [0.2, 0.25) is 10.0 Å². The lowest BCUT2D eigenvalue weighted by atomic mass is 10.5. The van der Waals surface area contributed by atoms with Gasteiger partial charge in [0.1, 0.15) is 4.90 Å². The molecule has 0 spiro atoms. The summed E-state index contributed by atoms with van der Waals surface area (Å²) in [4.78, 5) is 3.97. The third kappa shape index (κ3) is 5.97. The van der Waals surface area contributed by atoms with Gasteiger partial charge in [-0.25, -0.2) is 13.1 Å². The SMILES string of the molecule is CCCNCCNS(=O)(=O)c1cccnc1.Cl. The highest BCUT2D eigenvalue weighted by Gasteiger charge is 2.12. The quantitative estimate of drug-likeness (QED) is 0.724. The van der Waals surface area contributed by atoms with Crippen LogP contribution in [0.2, 0.25) is 0 Å². The van der Waals surface area contributed by atoms with Crippen LogP contribution in [0.1, 0.15) is 13.3 Å². The van der Waals surface area contributed by atoms with Crippen LogP contribution in [-0.4, -0.2) is 33.0 Å². The van der Waals surface area contributed by atoms with Gasteiger partial charge in [-0.05, 0) is 25.1 Å². The van der Waals surface area contributed by atoms with Crippen molar-refractivity contribution in [2.24, 2.45) is 0 Å².